The lowest BCUT2D eigenvalue weighted by Crippen LogP contribution is -2.49. The Balaban J connectivity index is 2.36. The van der Waals surface area contributed by atoms with Crippen molar-refractivity contribution in [3.8, 4) is 0 Å². The van der Waals surface area contributed by atoms with Crippen molar-refractivity contribution in [1.29, 1.82) is 0 Å². The Morgan fingerprint density at radius 3 is 2.65 bits per heavy atom. The molecule has 1 heterocycles. The van der Waals surface area contributed by atoms with Crippen LogP contribution in [0.5, 0.6) is 0 Å². The SMILES string of the molecule is CN(CC(=O)OC(C)(C)C)CC1CN(C(=O)O)CCO1. The number of amides is 1. The summed E-state index contributed by atoms with van der Waals surface area (Å²) in [5.74, 6) is -0.300. The minimum Gasteiger partial charge on any atom is -0.465 e. The van der Waals surface area contributed by atoms with Crippen molar-refractivity contribution in [2.75, 3.05) is 39.8 Å². The first kappa shape index (κ1) is 16.7. The number of rotatable bonds is 4. The van der Waals surface area contributed by atoms with Crippen LogP contribution in [-0.4, -0.2) is 78.5 Å². The molecule has 1 fully saturated rings. The summed E-state index contributed by atoms with van der Waals surface area (Å²) in [4.78, 5) is 25.7. The van der Waals surface area contributed by atoms with Crippen LogP contribution >= 0.6 is 0 Å². The minimum atomic E-state index is -0.937. The summed E-state index contributed by atoms with van der Waals surface area (Å²) >= 11 is 0. The number of hydrogen-bond acceptors (Lipinski definition) is 5. The lowest BCUT2D eigenvalue weighted by molar-refractivity contribution is -0.156. The Hall–Kier alpha value is -1.34. The topological polar surface area (TPSA) is 79.3 Å². The first-order valence-corrected chi connectivity index (χ1v) is 6.67. The van der Waals surface area contributed by atoms with E-state index in [-0.39, 0.29) is 18.6 Å². The zero-order valence-electron chi connectivity index (χ0n) is 12.6. The molecule has 0 aromatic rings. The van der Waals surface area contributed by atoms with Crippen LogP contribution in [0.1, 0.15) is 20.8 Å². The maximum absolute atomic E-state index is 11.7. The first-order chi connectivity index (χ1) is 9.17. The molecule has 1 aliphatic rings. The Labute approximate surface area is 119 Å². The predicted molar refractivity (Wildman–Crippen MR) is 72.7 cm³/mol. The van der Waals surface area contributed by atoms with E-state index in [1.165, 1.54) is 4.90 Å². The minimum absolute atomic E-state index is 0.157. The van der Waals surface area contributed by atoms with Crippen LogP contribution in [0.2, 0.25) is 0 Å². The molecule has 0 aromatic carbocycles. The number of esters is 1. The summed E-state index contributed by atoms with van der Waals surface area (Å²) in [6, 6.07) is 0. The fraction of sp³-hybridized carbons (Fsp3) is 0.846. The molecular weight excluding hydrogens is 264 g/mol. The number of morpholine rings is 1. The van der Waals surface area contributed by atoms with Gasteiger partial charge in [0, 0.05) is 13.1 Å². The normalized spacial score (nSPS) is 20.1. The third-order valence-corrected chi connectivity index (χ3v) is 2.74. The zero-order valence-corrected chi connectivity index (χ0v) is 12.6. The predicted octanol–water partition coefficient (Wildman–Crippen LogP) is 0.639. The summed E-state index contributed by atoms with van der Waals surface area (Å²) in [5.41, 5.74) is -0.501. The van der Waals surface area contributed by atoms with Gasteiger partial charge in [0.2, 0.25) is 0 Å². The molecule has 0 spiro atoms. The van der Waals surface area contributed by atoms with E-state index in [0.717, 1.165) is 0 Å². The number of carbonyl (C=O) groups is 2. The molecule has 1 amide bonds. The summed E-state index contributed by atoms with van der Waals surface area (Å²) in [6.07, 6.45) is -1.15. The monoisotopic (exact) mass is 288 g/mol. The van der Waals surface area contributed by atoms with E-state index in [1.807, 2.05) is 20.8 Å². The molecule has 1 saturated heterocycles. The molecule has 1 atom stereocenters. The maximum atomic E-state index is 11.7. The number of carbonyl (C=O) groups excluding carboxylic acids is 1. The van der Waals surface area contributed by atoms with Gasteiger partial charge >= 0.3 is 12.1 Å². The number of hydrogen-bond donors (Lipinski definition) is 1. The molecule has 116 valence electrons. The molecule has 20 heavy (non-hydrogen) atoms. The van der Waals surface area contributed by atoms with Crippen molar-refractivity contribution < 1.29 is 24.2 Å². The van der Waals surface area contributed by atoms with Crippen LogP contribution in [0.25, 0.3) is 0 Å². The smallest absolute Gasteiger partial charge is 0.407 e. The van der Waals surface area contributed by atoms with Crippen molar-refractivity contribution in [1.82, 2.24) is 9.80 Å². The number of carboxylic acid groups (broad SMARTS) is 1. The second-order valence-electron chi connectivity index (χ2n) is 6.00. The van der Waals surface area contributed by atoms with E-state index < -0.39 is 11.7 Å². The van der Waals surface area contributed by atoms with Gasteiger partial charge in [0.15, 0.2) is 0 Å². The van der Waals surface area contributed by atoms with Crippen molar-refractivity contribution in [3.05, 3.63) is 0 Å². The van der Waals surface area contributed by atoms with Gasteiger partial charge in [-0.3, -0.25) is 9.69 Å². The molecule has 0 saturated carbocycles. The number of likely N-dealkylation sites (N-methyl/N-ethyl adjacent to an activating group) is 1. The van der Waals surface area contributed by atoms with Crippen LogP contribution in [-0.2, 0) is 14.3 Å². The van der Waals surface area contributed by atoms with Gasteiger partial charge in [-0.1, -0.05) is 0 Å². The maximum Gasteiger partial charge on any atom is 0.407 e. The molecule has 7 nitrogen and oxygen atoms in total. The van der Waals surface area contributed by atoms with E-state index in [0.29, 0.717) is 26.2 Å². The highest BCUT2D eigenvalue weighted by Gasteiger charge is 2.25. The van der Waals surface area contributed by atoms with Gasteiger partial charge in [-0.25, -0.2) is 4.79 Å². The average molecular weight is 288 g/mol. The standard InChI is InChI=1S/C13H24N2O5/c1-13(2,3)20-11(16)9-14(4)7-10-8-15(12(17)18)5-6-19-10/h10H,5-9H2,1-4H3,(H,17,18). The van der Waals surface area contributed by atoms with Gasteiger partial charge in [-0.2, -0.15) is 0 Å². The second kappa shape index (κ2) is 6.90. The Morgan fingerprint density at radius 1 is 1.45 bits per heavy atom. The van der Waals surface area contributed by atoms with Crippen molar-refractivity contribution in [2.24, 2.45) is 0 Å². The summed E-state index contributed by atoms with van der Waals surface area (Å²) < 4.78 is 10.7. The molecule has 0 bridgehead atoms. The summed E-state index contributed by atoms with van der Waals surface area (Å²) in [7, 11) is 1.78. The summed E-state index contributed by atoms with van der Waals surface area (Å²) in [6.45, 7) is 7.21. The lowest BCUT2D eigenvalue weighted by Gasteiger charge is -2.33. The highest BCUT2D eigenvalue weighted by molar-refractivity contribution is 5.72. The second-order valence-corrected chi connectivity index (χ2v) is 6.00. The Morgan fingerprint density at radius 2 is 2.10 bits per heavy atom. The quantitative estimate of drug-likeness (QED) is 0.765. The van der Waals surface area contributed by atoms with Crippen LogP contribution in [0, 0.1) is 0 Å². The van der Waals surface area contributed by atoms with Crippen LogP contribution in [0.4, 0.5) is 4.79 Å². The third kappa shape index (κ3) is 6.21. The molecule has 0 aromatic heterocycles. The van der Waals surface area contributed by atoms with Gasteiger partial charge in [0.1, 0.15) is 5.60 Å². The van der Waals surface area contributed by atoms with Crippen LogP contribution in [0.3, 0.4) is 0 Å². The molecule has 1 aliphatic heterocycles. The molecule has 0 aliphatic carbocycles. The van der Waals surface area contributed by atoms with E-state index in [9.17, 15) is 9.59 Å². The largest absolute Gasteiger partial charge is 0.465 e. The van der Waals surface area contributed by atoms with Crippen molar-refractivity contribution >= 4 is 12.1 Å². The van der Waals surface area contributed by atoms with Gasteiger partial charge < -0.3 is 19.5 Å². The fourth-order valence-corrected chi connectivity index (χ4v) is 2.01. The Bertz CT molecular complexity index is 353. The van der Waals surface area contributed by atoms with Gasteiger partial charge in [-0.15, -0.1) is 0 Å². The first-order valence-electron chi connectivity index (χ1n) is 6.67. The molecule has 1 N–H and O–H groups in total. The molecule has 1 unspecified atom stereocenters. The number of nitrogens with zero attached hydrogens (tertiary/aromatic N) is 2. The van der Waals surface area contributed by atoms with Gasteiger partial charge in [0.25, 0.3) is 0 Å². The van der Waals surface area contributed by atoms with Gasteiger partial charge in [-0.05, 0) is 27.8 Å². The van der Waals surface area contributed by atoms with Crippen LogP contribution < -0.4 is 0 Å². The van der Waals surface area contributed by atoms with Gasteiger partial charge in [0.05, 0.1) is 25.8 Å². The fourth-order valence-electron chi connectivity index (χ4n) is 2.01. The number of ether oxygens (including phenoxy) is 2. The zero-order chi connectivity index (χ0) is 15.3. The molecule has 7 heteroatoms. The van der Waals surface area contributed by atoms with E-state index >= 15 is 0 Å². The van der Waals surface area contributed by atoms with E-state index in [4.69, 9.17) is 14.6 Å². The van der Waals surface area contributed by atoms with Crippen molar-refractivity contribution in [2.45, 2.75) is 32.5 Å². The van der Waals surface area contributed by atoms with Crippen LogP contribution in [0.15, 0.2) is 0 Å². The van der Waals surface area contributed by atoms with E-state index in [1.54, 1.807) is 11.9 Å². The average Bonchev–Trinajstić information content (AvgIpc) is 2.25. The highest BCUT2D eigenvalue weighted by atomic mass is 16.6. The van der Waals surface area contributed by atoms with E-state index in [2.05, 4.69) is 0 Å². The van der Waals surface area contributed by atoms with Crippen molar-refractivity contribution in [3.63, 3.8) is 0 Å². The molecule has 0 radical (unpaired) electrons. The lowest BCUT2D eigenvalue weighted by atomic mass is 10.2. The molecular formula is C13H24N2O5. The molecule has 1 rings (SSSR count). The third-order valence-electron chi connectivity index (χ3n) is 2.74. The highest BCUT2D eigenvalue weighted by Crippen LogP contribution is 2.09. The summed E-state index contributed by atoms with van der Waals surface area (Å²) in [5, 5.41) is 8.95. The Kier molecular flexibility index (Phi) is 5.76.